The molecule has 0 radical (unpaired) electrons. The highest BCUT2D eigenvalue weighted by atomic mass is 32.2. The summed E-state index contributed by atoms with van der Waals surface area (Å²) >= 11 is 0. The number of sulfonamides is 1. The number of carbonyl (C=O) groups is 2. The SMILES string of the molecule is COCCNS(=O)(=O)c1cc(NC(=O)c2ccc(F)cc2)ccc1Oc1c(C)c(C(=O)O)nn1-c1cccc(C)c1C. The summed E-state index contributed by atoms with van der Waals surface area (Å²) in [6.45, 7) is 5.29. The Balaban J connectivity index is 1.81. The van der Waals surface area contributed by atoms with Gasteiger partial charge in [-0.3, -0.25) is 4.79 Å². The van der Waals surface area contributed by atoms with Crippen molar-refractivity contribution in [1.82, 2.24) is 14.5 Å². The fourth-order valence-corrected chi connectivity index (χ4v) is 5.24. The first-order valence-electron chi connectivity index (χ1n) is 12.7. The molecule has 1 aromatic heterocycles. The lowest BCUT2D eigenvalue weighted by Gasteiger charge is -2.17. The molecule has 3 aromatic carbocycles. The van der Waals surface area contributed by atoms with Crippen molar-refractivity contribution in [3.05, 3.63) is 94.4 Å². The molecule has 1 heterocycles. The van der Waals surface area contributed by atoms with E-state index < -0.39 is 27.7 Å². The number of carboxylic acid groups (broad SMARTS) is 1. The minimum atomic E-state index is -4.23. The van der Waals surface area contributed by atoms with Crippen molar-refractivity contribution in [2.75, 3.05) is 25.6 Å². The predicted octanol–water partition coefficient (Wildman–Crippen LogP) is 4.60. The van der Waals surface area contributed by atoms with Gasteiger partial charge in [0.15, 0.2) is 5.69 Å². The van der Waals surface area contributed by atoms with E-state index in [4.69, 9.17) is 9.47 Å². The summed E-state index contributed by atoms with van der Waals surface area (Å²) in [6, 6.07) is 14.2. The number of halogens is 1. The number of rotatable bonds is 11. The highest BCUT2D eigenvalue weighted by Crippen LogP contribution is 2.36. The molecule has 0 saturated carbocycles. The molecule has 220 valence electrons. The van der Waals surface area contributed by atoms with Gasteiger partial charge in [0.05, 0.1) is 12.3 Å². The largest absolute Gasteiger partial charge is 0.476 e. The van der Waals surface area contributed by atoms with Gasteiger partial charge < -0.3 is 19.9 Å². The van der Waals surface area contributed by atoms with Gasteiger partial charge in [-0.25, -0.2) is 22.3 Å². The van der Waals surface area contributed by atoms with Gasteiger partial charge in [-0.05, 0) is 80.4 Å². The van der Waals surface area contributed by atoms with Crippen molar-refractivity contribution in [3.8, 4) is 17.3 Å². The first-order chi connectivity index (χ1) is 19.9. The van der Waals surface area contributed by atoms with Crippen LogP contribution in [0.5, 0.6) is 11.6 Å². The maximum atomic E-state index is 13.4. The summed E-state index contributed by atoms with van der Waals surface area (Å²) in [7, 11) is -2.81. The molecule has 0 spiro atoms. The van der Waals surface area contributed by atoms with E-state index in [1.807, 2.05) is 19.9 Å². The average Bonchev–Trinajstić information content (AvgIpc) is 3.27. The number of aromatic carboxylic acids is 1. The molecule has 13 heteroatoms. The van der Waals surface area contributed by atoms with Crippen LogP contribution in [0.4, 0.5) is 10.1 Å². The van der Waals surface area contributed by atoms with E-state index in [-0.39, 0.29) is 52.2 Å². The molecule has 0 fully saturated rings. The number of amides is 1. The molecule has 0 aliphatic heterocycles. The van der Waals surface area contributed by atoms with E-state index in [0.717, 1.165) is 23.3 Å². The number of anilines is 1. The third-order valence-electron chi connectivity index (χ3n) is 6.48. The van der Waals surface area contributed by atoms with Crippen LogP contribution in [0.3, 0.4) is 0 Å². The number of benzene rings is 3. The van der Waals surface area contributed by atoms with Crippen LogP contribution in [0.1, 0.15) is 37.5 Å². The Morgan fingerprint density at radius 3 is 2.40 bits per heavy atom. The summed E-state index contributed by atoms with van der Waals surface area (Å²) in [4.78, 5) is 24.4. The molecule has 0 bridgehead atoms. The molecule has 4 rings (SSSR count). The first-order valence-corrected chi connectivity index (χ1v) is 14.2. The van der Waals surface area contributed by atoms with Crippen LogP contribution in [0.25, 0.3) is 5.69 Å². The van der Waals surface area contributed by atoms with Gasteiger partial charge in [-0.2, -0.15) is 9.78 Å². The fourth-order valence-electron chi connectivity index (χ4n) is 4.08. The van der Waals surface area contributed by atoms with Crippen LogP contribution in [0, 0.1) is 26.6 Å². The Hall–Kier alpha value is -4.59. The smallest absolute Gasteiger partial charge is 0.356 e. The van der Waals surface area contributed by atoms with E-state index in [1.54, 1.807) is 12.1 Å². The monoisotopic (exact) mass is 596 g/mol. The Kier molecular flexibility index (Phi) is 9.05. The molecule has 4 aromatic rings. The minimum Gasteiger partial charge on any atom is -0.476 e. The number of hydrogen-bond donors (Lipinski definition) is 3. The number of aryl methyl sites for hydroxylation is 1. The lowest BCUT2D eigenvalue weighted by molar-refractivity contribution is 0.0689. The van der Waals surface area contributed by atoms with Gasteiger partial charge in [0.1, 0.15) is 16.5 Å². The van der Waals surface area contributed by atoms with Crippen LogP contribution < -0.4 is 14.8 Å². The molecule has 1 amide bonds. The van der Waals surface area contributed by atoms with Gasteiger partial charge in [-0.1, -0.05) is 12.1 Å². The van der Waals surface area contributed by atoms with E-state index in [2.05, 4.69) is 15.1 Å². The van der Waals surface area contributed by atoms with Crippen LogP contribution in [0.15, 0.2) is 65.6 Å². The highest BCUT2D eigenvalue weighted by Gasteiger charge is 2.27. The normalized spacial score (nSPS) is 11.4. The number of nitrogens with zero attached hydrogens (tertiary/aromatic N) is 2. The number of hydrogen-bond acceptors (Lipinski definition) is 7. The molecule has 0 aliphatic carbocycles. The molecular weight excluding hydrogens is 567 g/mol. The Morgan fingerprint density at radius 2 is 1.74 bits per heavy atom. The van der Waals surface area contributed by atoms with Gasteiger partial charge in [-0.15, -0.1) is 0 Å². The summed E-state index contributed by atoms with van der Waals surface area (Å²) in [5.74, 6) is -2.53. The Morgan fingerprint density at radius 1 is 1.02 bits per heavy atom. The second-order valence-corrected chi connectivity index (χ2v) is 11.1. The fraction of sp³-hybridized carbons (Fsp3) is 0.207. The number of aromatic nitrogens is 2. The lowest BCUT2D eigenvalue weighted by atomic mass is 10.1. The summed E-state index contributed by atoms with van der Waals surface area (Å²) in [5, 5.41) is 16.6. The van der Waals surface area contributed by atoms with Crippen molar-refractivity contribution in [2.45, 2.75) is 25.7 Å². The van der Waals surface area contributed by atoms with Crippen molar-refractivity contribution in [1.29, 1.82) is 0 Å². The number of methoxy groups -OCH3 is 1. The zero-order valence-electron chi connectivity index (χ0n) is 23.3. The molecule has 42 heavy (non-hydrogen) atoms. The molecule has 3 N–H and O–H groups in total. The molecular formula is C29H29FN4O7S. The van der Waals surface area contributed by atoms with Gasteiger partial charge in [0, 0.05) is 30.5 Å². The standard InChI is InChI=1S/C29H29FN4O7S/c1-17-6-5-7-23(18(17)2)34-28(19(3)26(33-34)29(36)37)41-24-13-12-22(16-25(24)42(38,39)31-14-15-40-4)32-27(35)20-8-10-21(30)11-9-20/h5-13,16,31H,14-15H2,1-4H3,(H,32,35)(H,36,37). The summed E-state index contributed by atoms with van der Waals surface area (Å²) < 4.78 is 54.9. The van der Waals surface area contributed by atoms with Crippen LogP contribution in [-0.4, -0.2) is 55.4 Å². The summed E-state index contributed by atoms with van der Waals surface area (Å²) in [5.41, 5.74) is 2.48. The van der Waals surface area contributed by atoms with E-state index in [9.17, 15) is 27.5 Å². The zero-order chi connectivity index (χ0) is 30.6. The van der Waals surface area contributed by atoms with Crippen molar-refractivity contribution in [3.63, 3.8) is 0 Å². The molecule has 0 aliphatic rings. The van der Waals surface area contributed by atoms with Crippen molar-refractivity contribution >= 4 is 27.6 Å². The number of carbonyl (C=O) groups excluding carboxylic acids is 1. The third-order valence-corrected chi connectivity index (χ3v) is 7.96. The van der Waals surface area contributed by atoms with Crippen LogP contribution in [0.2, 0.25) is 0 Å². The maximum absolute atomic E-state index is 13.4. The predicted molar refractivity (Wildman–Crippen MR) is 153 cm³/mol. The first kappa shape index (κ1) is 30.4. The van der Waals surface area contributed by atoms with Gasteiger partial charge in [0.25, 0.3) is 5.91 Å². The average molecular weight is 597 g/mol. The number of nitrogens with one attached hydrogen (secondary N) is 2. The quantitative estimate of drug-likeness (QED) is 0.213. The van der Waals surface area contributed by atoms with E-state index in [0.29, 0.717) is 5.69 Å². The minimum absolute atomic E-state index is 0.00228. The highest BCUT2D eigenvalue weighted by molar-refractivity contribution is 7.89. The summed E-state index contributed by atoms with van der Waals surface area (Å²) in [6.07, 6.45) is 0. The van der Waals surface area contributed by atoms with Gasteiger partial charge in [0.2, 0.25) is 15.9 Å². The van der Waals surface area contributed by atoms with Crippen molar-refractivity contribution < 1.29 is 37.0 Å². The molecule has 0 saturated heterocycles. The molecule has 11 nitrogen and oxygen atoms in total. The van der Waals surface area contributed by atoms with Crippen molar-refractivity contribution in [2.24, 2.45) is 0 Å². The zero-order valence-corrected chi connectivity index (χ0v) is 24.1. The molecule has 0 unspecified atom stereocenters. The second kappa shape index (κ2) is 12.5. The van der Waals surface area contributed by atoms with Gasteiger partial charge >= 0.3 is 5.97 Å². The number of carboxylic acids is 1. The maximum Gasteiger partial charge on any atom is 0.356 e. The third kappa shape index (κ3) is 6.48. The lowest BCUT2D eigenvalue weighted by Crippen LogP contribution is -2.27. The Labute approximate surface area is 241 Å². The topological polar surface area (TPSA) is 149 Å². The van der Waals surface area contributed by atoms with Crippen LogP contribution in [-0.2, 0) is 14.8 Å². The van der Waals surface area contributed by atoms with E-state index >= 15 is 0 Å². The Bertz CT molecular complexity index is 1750. The second-order valence-electron chi connectivity index (χ2n) is 9.33. The van der Waals surface area contributed by atoms with Crippen LogP contribution >= 0.6 is 0 Å². The number of ether oxygens (including phenoxy) is 2. The molecule has 0 atom stereocenters. The van der Waals surface area contributed by atoms with E-state index in [1.165, 1.54) is 49.0 Å².